The first-order valence-corrected chi connectivity index (χ1v) is 9.68. The normalized spacial score (nSPS) is 12.9. The third-order valence-electron chi connectivity index (χ3n) is 4.39. The summed E-state index contributed by atoms with van der Waals surface area (Å²) in [5.41, 5.74) is 6.67. The molecule has 1 unspecified atom stereocenters. The van der Waals surface area contributed by atoms with E-state index in [1.54, 1.807) is 26.3 Å². The summed E-state index contributed by atoms with van der Waals surface area (Å²) in [7, 11) is 3.32. The molecule has 1 aromatic carbocycles. The van der Waals surface area contributed by atoms with E-state index in [1.165, 1.54) is 0 Å². The number of likely N-dealkylation sites (N-methyl/N-ethyl adjacent to an activating group) is 1. The van der Waals surface area contributed by atoms with Crippen molar-refractivity contribution in [3.8, 4) is 0 Å². The molecule has 0 aliphatic rings. The van der Waals surface area contributed by atoms with Crippen LogP contribution < -0.4 is 27.0 Å². The molecule has 0 heterocycles. The number of benzene rings is 1. The first-order chi connectivity index (χ1) is 13.8. The van der Waals surface area contributed by atoms with Gasteiger partial charge in [0, 0.05) is 19.3 Å². The van der Waals surface area contributed by atoms with Gasteiger partial charge in [0.1, 0.15) is 6.04 Å². The zero-order valence-electron chi connectivity index (χ0n) is 17.6. The number of primary amides is 1. The minimum Gasteiger partial charge on any atom is -0.380 e. The Morgan fingerprint density at radius 3 is 2.28 bits per heavy atom. The number of hydrogen-bond acceptors (Lipinski definition) is 5. The highest BCUT2D eigenvalue weighted by molar-refractivity contribution is 5.97. The van der Waals surface area contributed by atoms with Gasteiger partial charge in [-0.25, -0.2) is 4.79 Å². The number of nitrogens with one attached hydrogen (secondary N) is 4. The van der Waals surface area contributed by atoms with E-state index in [0.717, 1.165) is 5.56 Å². The fraction of sp³-hybridized carbons (Fsp3) is 0.550. The van der Waals surface area contributed by atoms with Crippen molar-refractivity contribution in [3.63, 3.8) is 0 Å². The van der Waals surface area contributed by atoms with Crippen LogP contribution in [0.5, 0.6) is 0 Å². The SMILES string of the molecule is CNC(C(=O)N[C@@H](CCCNC(N)=O)C(=O)Nc1ccc(COC)cc1)C(C)C. The van der Waals surface area contributed by atoms with Gasteiger partial charge < -0.3 is 31.7 Å². The summed E-state index contributed by atoms with van der Waals surface area (Å²) in [5.74, 6) is -0.509. The van der Waals surface area contributed by atoms with E-state index in [9.17, 15) is 14.4 Å². The summed E-state index contributed by atoms with van der Waals surface area (Å²) in [6, 6.07) is 5.50. The molecule has 9 nitrogen and oxygen atoms in total. The van der Waals surface area contributed by atoms with Crippen LogP contribution in [0.25, 0.3) is 0 Å². The molecule has 29 heavy (non-hydrogen) atoms. The minimum atomic E-state index is -0.745. The number of methoxy groups -OCH3 is 1. The molecule has 0 spiro atoms. The Hall–Kier alpha value is -2.65. The maximum Gasteiger partial charge on any atom is 0.312 e. The first kappa shape index (κ1) is 24.4. The number of ether oxygens (including phenoxy) is 1. The molecule has 2 atom stereocenters. The van der Waals surface area contributed by atoms with Crippen LogP contribution in [0.2, 0.25) is 0 Å². The number of amides is 4. The molecule has 1 aromatic rings. The van der Waals surface area contributed by atoms with Gasteiger partial charge in [0.05, 0.1) is 12.6 Å². The minimum absolute atomic E-state index is 0.0635. The molecule has 0 radical (unpaired) electrons. The zero-order chi connectivity index (χ0) is 21.8. The van der Waals surface area contributed by atoms with Crippen LogP contribution in [0, 0.1) is 5.92 Å². The Balaban J connectivity index is 2.80. The molecule has 6 N–H and O–H groups in total. The summed E-state index contributed by atoms with van der Waals surface area (Å²) in [5, 5.41) is 11.1. The lowest BCUT2D eigenvalue weighted by Gasteiger charge is -2.24. The molecule has 1 rings (SSSR count). The summed E-state index contributed by atoms with van der Waals surface area (Å²) in [4.78, 5) is 36.2. The average Bonchev–Trinajstić information content (AvgIpc) is 2.66. The summed E-state index contributed by atoms with van der Waals surface area (Å²) in [6.07, 6.45) is 0.841. The van der Waals surface area contributed by atoms with Crippen molar-refractivity contribution in [1.82, 2.24) is 16.0 Å². The van der Waals surface area contributed by atoms with Crippen molar-refractivity contribution in [1.29, 1.82) is 0 Å². The molecule has 0 bridgehead atoms. The van der Waals surface area contributed by atoms with Crippen molar-refractivity contribution < 1.29 is 19.1 Å². The van der Waals surface area contributed by atoms with Gasteiger partial charge in [-0.15, -0.1) is 0 Å². The molecule has 0 aliphatic heterocycles. The molecule has 0 saturated heterocycles. The Labute approximate surface area is 172 Å². The second kappa shape index (κ2) is 12.7. The van der Waals surface area contributed by atoms with E-state index in [0.29, 0.717) is 31.7 Å². The standard InChI is InChI=1S/C20H33N5O4/c1-13(2)17(22-3)19(27)25-16(6-5-11-23-20(21)28)18(26)24-15-9-7-14(8-10-15)12-29-4/h7-10,13,16-17,22H,5-6,11-12H2,1-4H3,(H,24,26)(H,25,27)(H3,21,23,28)/t16-,17?/m0/s1. The molecule has 0 fully saturated rings. The van der Waals surface area contributed by atoms with Gasteiger partial charge in [-0.05, 0) is 43.5 Å². The van der Waals surface area contributed by atoms with Crippen molar-refractivity contribution in [2.75, 3.05) is 26.0 Å². The van der Waals surface area contributed by atoms with E-state index >= 15 is 0 Å². The van der Waals surface area contributed by atoms with Crippen molar-refractivity contribution in [2.24, 2.45) is 11.7 Å². The molecular formula is C20H33N5O4. The maximum absolute atomic E-state index is 12.8. The zero-order valence-corrected chi connectivity index (χ0v) is 17.6. The molecular weight excluding hydrogens is 374 g/mol. The van der Waals surface area contributed by atoms with Gasteiger partial charge in [0.25, 0.3) is 0 Å². The first-order valence-electron chi connectivity index (χ1n) is 9.68. The highest BCUT2D eigenvalue weighted by Gasteiger charge is 2.26. The topological polar surface area (TPSA) is 135 Å². The predicted molar refractivity (Wildman–Crippen MR) is 112 cm³/mol. The fourth-order valence-corrected chi connectivity index (χ4v) is 2.90. The van der Waals surface area contributed by atoms with E-state index in [2.05, 4.69) is 21.3 Å². The highest BCUT2D eigenvalue weighted by Crippen LogP contribution is 2.12. The second-order valence-electron chi connectivity index (χ2n) is 7.12. The van der Waals surface area contributed by atoms with Crippen LogP contribution >= 0.6 is 0 Å². The van der Waals surface area contributed by atoms with Gasteiger partial charge in [0.15, 0.2) is 0 Å². The lowest BCUT2D eigenvalue weighted by molar-refractivity contribution is -0.128. The van der Waals surface area contributed by atoms with E-state index < -0.39 is 18.1 Å². The Morgan fingerprint density at radius 1 is 1.10 bits per heavy atom. The summed E-state index contributed by atoms with van der Waals surface area (Å²) >= 11 is 0. The quantitative estimate of drug-likeness (QED) is 0.329. The largest absolute Gasteiger partial charge is 0.380 e. The summed E-state index contributed by atoms with van der Waals surface area (Å²) < 4.78 is 5.08. The van der Waals surface area contributed by atoms with Crippen LogP contribution in [0.1, 0.15) is 32.3 Å². The monoisotopic (exact) mass is 407 g/mol. The smallest absolute Gasteiger partial charge is 0.312 e. The van der Waals surface area contributed by atoms with Gasteiger partial charge in [0.2, 0.25) is 11.8 Å². The van der Waals surface area contributed by atoms with Crippen LogP contribution in [0.4, 0.5) is 10.5 Å². The van der Waals surface area contributed by atoms with Crippen LogP contribution in [-0.2, 0) is 20.9 Å². The summed E-state index contributed by atoms with van der Waals surface area (Å²) in [6.45, 7) is 4.66. The number of hydrogen-bond donors (Lipinski definition) is 5. The molecule has 4 amide bonds. The number of rotatable bonds is 12. The Kier molecular flexibility index (Phi) is 10.7. The van der Waals surface area contributed by atoms with Gasteiger partial charge in [-0.3, -0.25) is 9.59 Å². The van der Waals surface area contributed by atoms with Crippen LogP contribution in [-0.4, -0.2) is 50.6 Å². The lowest BCUT2D eigenvalue weighted by Crippen LogP contribution is -2.52. The fourth-order valence-electron chi connectivity index (χ4n) is 2.90. The van der Waals surface area contributed by atoms with E-state index in [4.69, 9.17) is 10.5 Å². The number of carbonyl (C=O) groups is 3. The Morgan fingerprint density at radius 2 is 1.76 bits per heavy atom. The van der Waals surface area contributed by atoms with Crippen molar-refractivity contribution in [2.45, 2.75) is 45.4 Å². The lowest BCUT2D eigenvalue weighted by atomic mass is 10.0. The van der Waals surface area contributed by atoms with Crippen LogP contribution in [0.15, 0.2) is 24.3 Å². The second-order valence-corrected chi connectivity index (χ2v) is 7.12. The van der Waals surface area contributed by atoms with Crippen molar-refractivity contribution >= 4 is 23.5 Å². The number of carbonyl (C=O) groups excluding carboxylic acids is 3. The number of anilines is 1. The van der Waals surface area contributed by atoms with Crippen molar-refractivity contribution in [3.05, 3.63) is 29.8 Å². The maximum atomic E-state index is 12.8. The van der Waals surface area contributed by atoms with Crippen LogP contribution in [0.3, 0.4) is 0 Å². The predicted octanol–water partition coefficient (Wildman–Crippen LogP) is 0.949. The third-order valence-corrected chi connectivity index (χ3v) is 4.39. The van der Waals surface area contributed by atoms with Gasteiger partial charge in [-0.1, -0.05) is 26.0 Å². The number of urea groups is 1. The Bertz CT molecular complexity index is 663. The van der Waals surface area contributed by atoms with E-state index in [-0.39, 0.29) is 17.7 Å². The third kappa shape index (κ3) is 8.93. The van der Waals surface area contributed by atoms with Gasteiger partial charge in [-0.2, -0.15) is 0 Å². The highest BCUT2D eigenvalue weighted by atomic mass is 16.5. The molecule has 0 aromatic heterocycles. The van der Waals surface area contributed by atoms with Gasteiger partial charge >= 0.3 is 6.03 Å². The molecule has 0 saturated carbocycles. The molecule has 0 aliphatic carbocycles. The molecule has 162 valence electrons. The number of nitrogens with two attached hydrogens (primary N) is 1. The molecule has 9 heteroatoms. The van der Waals surface area contributed by atoms with E-state index in [1.807, 2.05) is 26.0 Å². The average molecular weight is 408 g/mol.